The summed E-state index contributed by atoms with van der Waals surface area (Å²) in [6.45, 7) is 5.86. The Kier molecular flexibility index (Phi) is 7.30. The summed E-state index contributed by atoms with van der Waals surface area (Å²) in [7, 11) is -3.48. The van der Waals surface area contributed by atoms with E-state index in [4.69, 9.17) is 5.11 Å². The molecule has 0 bridgehead atoms. The zero-order valence-corrected chi connectivity index (χ0v) is 14.8. The maximum Gasteiger partial charge on any atom is 0.318 e. The van der Waals surface area contributed by atoms with Crippen molar-refractivity contribution in [3.8, 4) is 0 Å². The SMILES string of the molecule is O=C(O)CS(=O)(=O)CCN1CCCC(CN2CCCCCC2)C1. The number of hydrogen-bond donors (Lipinski definition) is 1. The predicted molar refractivity (Wildman–Crippen MR) is 90.4 cm³/mol. The first-order valence-corrected chi connectivity index (χ1v) is 10.6. The molecule has 0 aromatic carbocycles. The summed E-state index contributed by atoms with van der Waals surface area (Å²) in [6.07, 6.45) is 7.60. The molecule has 2 fully saturated rings. The van der Waals surface area contributed by atoms with Crippen LogP contribution in [0.25, 0.3) is 0 Å². The van der Waals surface area contributed by atoms with E-state index in [2.05, 4.69) is 9.80 Å². The molecule has 2 heterocycles. The lowest BCUT2D eigenvalue weighted by Crippen LogP contribution is -2.43. The van der Waals surface area contributed by atoms with E-state index in [0.29, 0.717) is 12.5 Å². The van der Waals surface area contributed by atoms with Crippen LogP contribution in [-0.4, -0.2) is 80.1 Å². The van der Waals surface area contributed by atoms with Gasteiger partial charge in [-0.25, -0.2) is 8.42 Å². The summed E-state index contributed by atoms with van der Waals surface area (Å²) in [5, 5.41) is 8.64. The molecule has 0 aliphatic carbocycles. The lowest BCUT2D eigenvalue weighted by atomic mass is 9.97. The molecular formula is C16H30N2O4S. The third kappa shape index (κ3) is 7.18. The topological polar surface area (TPSA) is 77.9 Å². The number of sulfone groups is 1. The summed E-state index contributed by atoms with van der Waals surface area (Å²) in [5.74, 6) is -1.44. The fraction of sp³-hybridized carbons (Fsp3) is 0.938. The maximum atomic E-state index is 11.7. The Morgan fingerprint density at radius 3 is 2.30 bits per heavy atom. The van der Waals surface area contributed by atoms with Gasteiger partial charge in [0.25, 0.3) is 0 Å². The normalized spacial score (nSPS) is 25.1. The van der Waals surface area contributed by atoms with Crippen molar-refractivity contribution in [2.75, 3.05) is 50.8 Å². The molecule has 0 amide bonds. The molecule has 2 aliphatic heterocycles. The van der Waals surface area contributed by atoms with Crippen molar-refractivity contribution >= 4 is 15.8 Å². The predicted octanol–water partition coefficient (Wildman–Crippen LogP) is 1.07. The first kappa shape index (κ1) is 18.7. The number of nitrogens with zero attached hydrogens (tertiary/aromatic N) is 2. The van der Waals surface area contributed by atoms with Crippen LogP contribution in [-0.2, 0) is 14.6 Å². The first-order chi connectivity index (χ1) is 10.9. The highest BCUT2D eigenvalue weighted by molar-refractivity contribution is 7.92. The molecule has 2 aliphatic rings. The molecule has 0 radical (unpaired) electrons. The van der Waals surface area contributed by atoms with Gasteiger partial charge in [-0.2, -0.15) is 0 Å². The second kappa shape index (κ2) is 8.99. The Hall–Kier alpha value is -0.660. The highest BCUT2D eigenvalue weighted by Crippen LogP contribution is 2.19. The van der Waals surface area contributed by atoms with E-state index in [-0.39, 0.29) is 5.75 Å². The van der Waals surface area contributed by atoms with Crippen molar-refractivity contribution in [1.82, 2.24) is 9.80 Å². The highest BCUT2D eigenvalue weighted by Gasteiger charge is 2.24. The van der Waals surface area contributed by atoms with E-state index in [1.54, 1.807) is 0 Å². The van der Waals surface area contributed by atoms with Gasteiger partial charge in [-0.3, -0.25) is 4.79 Å². The Morgan fingerprint density at radius 1 is 1.00 bits per heavy atom. The van der Waals surface area contributed by atoms with Gasteiger partial charge in [0.05, 0.1) is 5.75 Å². The number of carbonyl (C=O) groups is 1. The van der Waals surface area contributed by atoms with E-state index in [1.165, 1.54) is 45.2 Å². The van der Waals surface area contributed by atoms with Crippen LogP contribution in [0.2, 0.25) is 0 Å². The number of carboxylic acid groups (broad SMARTS) is 1. The van der Waals surface area contributed by atoms with Gasteiger partial charge in [-0.15, -0.1) is 0 Å². The summed E-state index contributed by atoms with van der Waals surface area (Å²) in [4.78, 5) is 15.3. The van der Waals surface area contributed by atoms with Crippen molar-refractivity contribution < 1.29 is 18.3 Å². The number of likely N-dealkylation sites (tertiary alicyclic amines) is 2. The number of carboxylic acids is 1. The van der Waals surface area contributed by atoms with Crippen LogP contribution in [0, 0.1) is 5.92 Å². The van der Waals surface area contributed by atoms with Gasteiger partial charge in [-0.05, 0) is 51.2 Å². The molecule has 0 spiro atoms. The maximum absolute atomic E-state index is 11.7. The summed E-state index contributed by atoms with van der Waals surface area (Å²) in [6, 6.07) is 0. The average Bonchev–Trinajstić information content (AvgIpc) is 2.73. The van der Waals surface area contributed by atoms with Gasteiger partial charge >= 0.3 is 5.97 Å². The highest BCUT2D eigenvalue weighted by atomic mass is 32.2. The number of aliphatic carboxylic acids is 1. The van der Waals surface area contributed by atoms with Crippen molar-refractivity contribution in [2.45, 2.75) is 38.5 Å². The van der Waals surface area contributed by atoms with Crippen LogP contribution in [0.5, 0.6) is 0 Å². The third-order valence-corrected chi connectivity index (χ3v) is 6.37. The first-order valence-electron chi connectivity index (χ1n) is 8.81. The Bertz CT molecular complexity index is 472. The van der Waals surface area contributed by atoms with Crippen LogP contribution in [0.4, 0.5) is 0 Å². The van der Waals surface area contributed by atoms with Crippen molar-refractivity contribution in [3.05, 3.63) is 0 Å². The summed E-state index contributed by atoms with van der Waals surface area (Å²) >= 11 is 0. The quantitative estimate of drug-likeness (QED) is 0.743. The van der Waals surface area contributed by atoms with Crippen molar-refractivity contribution in [3.63, 3.8) is 0 Å². The van der Waals surface area contributed by atoms with Crippen LogP contribution in [0.1, 0.15) is 38.5 Å². The van der Waals surface area contributed by atoms with E-state index < -0.39 is 21.6 Å². The smallest absolute Gasteiger partial charge is 0.318 e. The van der Waals surface area contributed by atoms with E-state index in [9.17, 15) is 13.2 Å². The molecule has 1 atom stereocenters. The zero-order chi connectivity index (χ0) is 16.7. The Labute approximate surface area is 139 Å². The minimum atomic E-state index is -3.48. The van der Waals surface area contributed by atoms with Crippen LogP contribution < -0.4 is 0 Å². The molecule has 23 heavy (non-hydrogen) atoms. The van der Waals surface area contributed by atoms with Gasteiger partial charge in [0, 0.05) is 19.6 Å². The minimum Gasteiger partial charge on any atom is -0.480 e. The third-order valence-electron chi connectivity index (χ3n) is 4.88. The lowest BCUT2D eigenvalue weighted by molar-refractivity contribution is -0.134. The minimum absolute atomic E-state index is 0.0459. The van der Waals surface area contributed by atoms with Crippen molar-refractivity contribution in [2.24, 2.45) is 5.92 Å². The standard InChI is InChI=1S/C16H30N2O4S/c19-16(20)14-23(21,22)11-10-18-9-5-6-15(13-18)12-17-7-3-1-2-4-8-17/h15H,1-14H2,(H,19,20). The van der Waals surface area contributed by atoms with Gasteiger partial charge in [0.15, 0.2) is 9.84 Å². The Morgan fingerprint density at radius 2 is 1.65 bits per heavy atom. The van der Waals surface area contributed by atoms with Crippen LogP contribution in [0.15, 0.2) is 0 Å². The van der Waals surface area contributed by atoms with Gasteiger partial charge in [0.2, 0.25) is 0 Å². The van der Waals surface area contributed by atoms with Gasteiger partial charge in [-0.1, -0.05) is 12.8 Å². The molecule has 134 valence electrons. The van der Waals surface area contributed by atoms with E-state index >= 15 is 0 Å². The van der Waals surface area contributed by atoms with Crippen LogP contribution in [0.3, 0.4) is 0 Å². The molecule has 1 unspecified atom stereocenters. The fourth-order valence-electron chi connectivity index (χ4n) is 3.72. The average molecular weight is 346 g/mol. The second-order valence-corrected chi connectivity index (χ2v) is 9.19. The van der Waals surface area contributed by atoms with E-state index in [1.807, 2.05) is 0 Å². The zero-order valence-electron chi connectivity index (χ0n) is 14.0. The lowest BCUT2D eigenvalue weighted by Gasteiger charge is -2.35. The molecule has 0 saturated carbocycles. The molecular weight excluding hydrogens is 316 g/mol. The van der Waals surface area contributed by atoms with E-state index in [0.717, 1.165) is 26.1 Å². The molecule has 0 aromatic heterocycles. The molecule has 6 nitrogen and oxygen atoms in total. The number of rotatable bonds is 7. The summed E-state index contributed by atoms with van der Waals surface area (Å²) in [5.41, 5.74) is 0. The monoisotopic (exact) mass is 346 g/mol. The molecule has 2 saturated heterocycles. The molecule has 2 rings (SSSR count). The van der Waals surface area contributed by atoms with Gasteiger partial charge in [0.1, 0.15) is 5.75 Å². The molecule has 1 N–H and O–H groups in total. The largest absolute Gasteiger partial charge is 0.480 e. The van der Waals surface area contributed by atoms with Crippen molar-refractivity contribution in [1.29, 1.82) is 0 Å². The summed E-state index contributed by atoms with van der Waals surface area (Å²) < 4.78 is 23.4. The van der Waals surface area contributed by atoms with Crippen LogP contribution >= 0.6 is 0 Å². The fourth-order valence-corrected chi connectivity index (χ4v) is 4.77. The molecule has 0 aromatic rings. The van der Waals surface area contributed by atoms with Gasteiger partial charge < -0.3 is 14.9 Å². The second-order valence-electron chi connectivity index (χ2n) is 7.01. The Balaban J connectivity index is 1.75. The number of hydrogen-bond acceptors (Lipinski definition) is 5. The molecule has 7 heteroatoms. The number of piperidine rings is 1.